The highest BCUT2D eigenvalue weighted by Crippen LogP contribution is 2.24. The van der Waals surface area contributed by atoms with Gasteiger partial charge in [-0.25, -0.2) is 14.6 Å². The third-order valence-corrected chi connectivity index (χ3v) is 2.42. The third kappa shape index (κ3) is 1.69. The monoisotopic (exact) mass is 224 g/mol. The van der Waals surface area contributed by atoms with E-state index in [9.17, 15) is 0 Å². The van der Waals surface area contributed by atoms with Gasteiger partial charge in [0.05, 0.1) is 17.1 Å². The van der Waals surface area contributed by atoms with Crippen LogP contribution in [0.4, 0.5) is 0 Å². The topological polar surface area (TPSA) is 43.6 Å². The number of aromatic nitrogens is 4. The second-order valence-electron chi connectivity index (χ2n) is 4.53. The minimum Gasteiger partial charge on any atom is -0.242 e. The van der Waals surface area contributed by atoms with Gasteiger partial charge in [0, 0.05) is 0 Å². The largest absolute Gasteiger partial charge is 0.242 e. The van der Waals surface area contributed by atoms with Crippen LogP contribution in [0.3, 0.4) is 0 Å². The number of rotatable bonds is 0. The summed E-state index contributed by atoms with van der Waals surface area (Å²) >= 11 is 6.02. The average molecular weight is 225 g/mol. The number of halogens is 1. The fourth-order valence-corrected chi connectivity index (χ4v) is 1.72. The summed E-state index contributed by atoms with van der Waals surface area (Å²) < 4.78 is 1.86. The summed E-state index contributed by atoms with van der Waals surface area (Å²) in [6.07, 6.45) is 1.71. The van der Waals surface area contributed by atoms with Crippen molar-refractivity contribution in [1.82, 2.24) is 19.7 Å². The highest BCUT2D eigenvalue weighted by molar-refractivity contribution is 6.33. The van der Waals surface area contributed by atoms with E-state index in [2.05, 4.69) is 35.8 Å². The van der Waals surface area contributed by atoms with Crippen molar-refractivity contribution in [1.29, 1.82) is 0 Å². The molecule has 0 saturated carbocycles. The second-order valence-corrected chi connectivity index (χ2v) is 4.88. The van der Waals surface area contributed by atoms with Crippen LogP contribution in [-0.4, -0.2) is 19.7 Å². The molecule has 0 fully saturated rings. The van der Waals surface area contributed by atoms with Gasteiger partial charge in [0.15, 0.2) is 5.65 Å². The lowest BCUT2D eigenvalue weighted by Crippen LogP contribution is -2.23. The van der Waals surface area contributed by atoms with Crippen molar-refractivity contribution in [3.63, 3.8) is 0 Å². The number of aryl methyl sites for hydroxylation is 1. The first-order chi connectivity index (χ1) is 6.89. The van der Waals surface area contributed by atoms with Gasteiger partial charge >= 0.3 is 0 Å². The minimum absolute atomic E-state index is 0.105. The van der Waals surface area contributed by atoms with Gasteiger partial charge in [-0.1, -0.05) is 11.6 Å². The first-order valence-electron chi connectivity index (χ1n) is 4.78. The molecule has 4 nitrogen and oxygen atoms in total. The lowest BCUT2D eigenvalue weighted by atomic mass is 10.1. The second kappa shape index (κ2) is 3.17. The number of nitrogens with zero attached hydrogens (tertiary/aromatic N) is 4. The Morgan fingerprint density at radius 2 is 1.93 bits per heavy atom. The Kier molecular flexibility index (Phi) is 2.19. The molecule has 15 heavy (non-hydrogen) atoms. The molecular formula is C10H13ClN4. The number of hydrogen-bond donors (Lipinski definition) is 0. The van der Waals surface area contributed by atoms with Crippen molar-refractivity contribution >= 4 is 22.6 Å². The van der Waals surface area contributed by atoms with E-state index >= 15 is 0 Å². The molecule has 2 aromatic heterocycles. The number of fused-ring (bicyclic) bond motifs is 1. The van der Waals surface area contributed by atoms with Crippen LogP contribution in [0, 0.1) is 6.92 Å². The third-order valence-electron chi connectivity index (χ3n) is 2.13. The van der Waals surface area contributed by atoms with Crippen LogP contribution in [0.5, 0.6) is 0 Å². The van der Waals surface area contributed by atoms with Crippen molar-refractivity contribution < 1.29 is 0 Å². The maximum atomic E-state index is 6.02. The Hall–Kier alpha value is -1.16. The fourth-order valence-electron chi connectivity index (χ4n) is 1.47. The fraction of sp³-hybridized carbons (Fsp3) is 0.500. The van der Waals surface area contributed by atoms with Crippen molar-refractivity contribution in [2.24, 2.45) is 0 Å². The summed E-state index contributed by atoms with van der Waals surface area (Å²) in [7, 11) is 0. The zero-order valence-electron chi connectivity index (χ0n) is 9.24. The Balaban J connectivity index is 2.80. The maximum Gasteiger partial charge on any atom is 0.163 e. The van der Waals surface area contributed by atoms with Gasteiger partial charge in [-0.15, -0.1) is 0 Å². The van der Waals surface area contributed by atoms with Gasteiger partial charge in [0.25, 0.3) is 0 Å². The van der Waals surface area contributed by atoms with Crippen molar-refractivity contribution in [2.75, 3.05) is 0 Å². The molecule has 0 radical (unpaired) electrons. The normalized spacial score (nSPS) is 12.3. The first-order valence-corrected chi connectivity index (χ1v) is 5.16. The average Bonchev–Trinajstić information content (AvgIpc) is 2.45. The lowest BCUT2D eigenvalue weighted by Gasteiger charge is -2.19. The molecule has 0 amide bonds. The summed E-state index contributed by atoms with van der Waals surface area (Å²) in [5.74, 6) is 0.665. The SMILES string of the molecule is Cc1nc(Cl)c2cnn(C(C)(C)C)c2n1. The molecule has 0 aliphatic carbocycles. The molecule has 5 heteroatoms. The summed E-state index contributed by atoms with van der Waals surface area (Å²) in [6, 6.07) is 0. The van der Waals surface area contributed by atoms with Gasteiger partial charge < -0.3 is 0 Å². The minimum atomic E-state index is -0.105. The van der Waals surface area contributed by atoms with E-state index in [1.165, 1.54) is 0 Å². The van der Waals surface area contributed by atoms with E-state index in [4.69, 9.17) is 11.6 Å². The highest BCUT2D eigenvalue weighted by Gasteiger charge is 2.19. The van der Waals surface area contributed by atoms with E-state index in [1.807, 2.05) is 11.6 Å². The van der Waals surface area contributed by atoms with Crippen LogP contribution < -0.4 is 0 Å². The van der Waals surface area contributed by atoms with Gasteiger partial charge in [0.2, 0.25) is 0 Å². The van der Waals surface area contributed by atoms with E-state index in [0.29, 0.717) is 11.0 Å². The van der Waals surface area contributed by atoms with Crippen LogP contribution in [0.25, 0.3) is 11.0 Å². The Morgan fingerprint density at radius 1 is 1.27 bits per heavy atom. The quantitative estimate of drug-likeness (QED) is 0.646. The van der Waals surface area contributed by atoms with Gasteiger partial charge in [-0.3, -0.25) is 0 Å². The van der Waals surface area contributed by atoms with Crippen LogP contribution in [0.2, 0.25) is 5.15 Å². The molecule has 80 valence electrons. The molecule has 2 rings (SSSR count). The molecule has 2 aromatic rings. The Labute approximate surface area is 93.3 Å². The zero-order valence-corrected chi connectivity index (χ0v) is 10.0. The molecule has 2 heterocycles. The maximum absolute atomic E-state index is 6.02. The molecule has 0 spiro atoms. The smallest absolute Gasteiger partial charge is 0.163 e. The summed E-state index contributed by atoms with van der Waals surface area (Å²) in [5.41, 5.74) is 0.686. The van der Waals surface area contributed by atoms with E-state index in [1.54, 1.807) is 6.20 Å². The standard InChI is InChI=1S/C10H13ClN4/c1-6-13-8(11)7-5-12-15(9(7)14-6)10(2,3)4/h5H,1-4H3. The predicted molar refractivity (Wildman–Crippen MR) is 60.1 cm³/mol. The van der Waals surface area contributed by atoms with Gasteiger partial charge in [-0.05, 0) is 27.7 Å². The molecular weight excluding hydrogens is 212 g/mol. The molecule has 0 atom stereocenters. The molecule has 0 saturated heterocycles. The van der Waals surface area contributed by atoms with E-state index in [-0.39, 0.29) is 5.54 Å². The molecule has 0 aliphatic rings. The predicted octanol–water partition coefficient (Wildman–Crippen LogP) is 2.54. The van der Waals surface area contributed by atoms with E-state index < -0.39 is 0 Å². The van der Waals surface area contributed by atoms with Crippen molar-refractivity contribution in [3.05, 3.63) is 17.2 Å². The van der Waals surface area contributed by atoms with Crippen LogP contribution in [0.15, 0.2) is 6.20 Å². The van der Waals surface area contributed by atoms with Crippen LogP contribution >= 0.6 is 11.6 Å². The number of hydrogen-bond acceptors (Lipinski definition) is 3. The summed E-state index contributed by atoms with van der Waals surface area (Å²) in [4.78, 5) is 8.47. The lowest BCUT2D eigenvalue weighted by molar-refractivity contribution is 0.365. The van der Waals surface area contributed by atoms with Crippen molar-refractivity contribution in [2.45, 2.75) is 33.2 Å². The molecule has 0 aromatic carbocycles. The summed E-state index contributed by atoms with van der Waals surface area (Å²) in [6.45, 7) is 8.05. The van der Waals surface area contributed by atoms with Gasteiger partial charge in [-0.2, -0.15) is 5.10 Å². The van der Waals surface area contributed by atoms with Crippen LogP contribution in [0.1, 0.15) is 26.6 Å². The molecule has 0 N–H and O–H groups in total. The first kappa shape index (κ1) is 10.4. The van der Waals surface area contributed by atoms with Crippen molar-refractivity contribution in [3.8, 4) is 0 Å². The zero-order chi connectivity index (χ0) is 11.2. The molecule has 0 aliphatic heterocycles. The van der Waals surface area contributed by atoms with Crippen LogP contribution in [-0.2, 0) is 5.54 Å². The molecule has 0 bridgehead atoms. The Morgan fingerprint density at radius 3 is 2.53 bits per heavy atom. The summed E-state index contributed by atoms with van der Waals surface area (Å²) in [5, 5.41) is 5.57. The Bertz CT molecular complexity index is 510. The van der Waals surface area contributed by atoms with Gasteiger partial charge in [0.1, 0.15) is 11.0 Å². The highest BCUT2D eigenvalue weighted by atomic mass is 35.5. The molecule has 0 unspecified atom stereocenters. The van der Waals surface area contributed by atoms with E-state index in [0.717, 1.165) is 11.0 Å².